The van der Waals surface area contributed by atoms with Crippen LogP contribution in [0.25, 0.3) is 0 Å². The van der Waals surface area contributed by atoms with Crippen LogP contribution in [0.4, 0.5) is 4.79 Å². The highest BCUT2D eigenvalue weighted by atomic mass is 16.7. The number of hydrogen-bond donors (Lipinski definition) is 2. The molecule has 2 fully saturated rings. The van der Waals surface area contributed by atoms with E-state index in [9.17, 15) is 14.4 Å². The summed E-state index contributed by atoms with van der Waals surface area (Å²) >= 11 is 0. The van der Waals surface area contributed by atoms with Gasteiger partial charge in [-0.15, -0.1) is 0 Å². The number of benzene rings is 1. The average Bonchev–Trinajstić information content (AvgIpc) is 2.54. The number of piperazine rings is 1. The van der Waals surface area contributed by atoms with Gasteiger partial charge in [0, 0.05) is 6.54 Å². The van der Waals surface area contributed by atoms with Crippen LogP contribution in [0.1, 0.15) is 5.56 Å². The van der Waals surface area contributed by atoms with Gasteiger partial charge >= 0.3 is 6.03 Å². The molecule has 0 aromatic heterocycles. The number of nitrogens with zero attached hydrogens (tertiary/aromatic N) is 2. The van der Waals surface area contributed by atoms with Crippen molar-refractivity contribution in [2.75, 3.05) is 19.7 Å². The molecule has 0 spiro atoms. The SMILES string of the molecule is O=C1CN2C(=O)CON(C(=O)NCc3ccccc3)C2CN1. The van der Waals surface area contributed by atoms with Crippen molar-refractivity contribution in [2.45, 2.75) is 12.7 Å². The smallest absolute Gasteiger partial charge is 0.343 e. The van der Waals surface area contributed by atoms with Gasteiger partial charge in [-0.3, -0.25) is 14.4 Å². The molecule has 22 heavy (non-hydrogen) atoms. The second-order valence-electron chi connectivity index (χ2n) is 5.05. The van der Waals surface area contributed by atoms with E-state index < -0.39 is 12.2 Å². The van der Waals surface area contributed by atoms with Crippen LogP contribution in [0.3, 0.4) is 0 Å². The van der Waals surface area contributed by atoms with E-state index in [-0.39, 0.29) is 31.5 Å². The Morgan fingerprint density at radius 2 is 2.09 bits per heavy atom. The zero-order chi connectivity index (χ0) is 15.5. The summed E-state index contributed by atoms with van der Waals surface area (Å²) in [6, 6.07) is 9.02. The van der Waals surface area contributed by atoms with Gasteiger partial charge in [-0.05, 0) is 5.56 Å². The van der Waals surface area contributed by atoms with E-state index in [1.54, 1.807) is 0 Å². The van der Waals surface area contributed by atoms with E-state index in [1.165, 1.54) is 4.90 Å². The van der Waals surface area contributed by atoms with Crippen LogP contribution >= 0.6 is 0 Å². The summed E-state index contributed by atoms with van der Waals surface area (Å²) in [7, 11) is 0. The third kappa shape index (κ3) is 2.86. The van der Waals surface area contributed by atoms with Crippen molar-refractivity contribution in [3.05, 3.63) is 35.9 Å². The van der Waals surface area contributed by atoms with Gasteiger partial charge in [0.15, 0.2) is 12.8 Å². The second kappa shape index (κ2) is 6.02. The van der Waals surface area contributed by atoms with E-state index in [4.69, 9.17) is 4.84 Å². The minimum absolute atomic E-state index is 0.0602. The molecular formula is C14H16N4O4. The standard InChI is InChI=1S/C14H16N4O4/c19-11-8-17-12(7-15-11)18(22-9-13(17)20)14(21)16-6-10-4-2-1-3-5-10/h1-5,12H,6-9H2,(H,15,19)(H,16,21). The Morgan fingerprint density at radius 1 is 1.32 bits per heavy atom. The van der Waals surface area contributed by atoms with Crippen LogP contribution in [-0.2, 0) is 21.0 Å². The van der Waals surface area contributed by atoms with Crippen LogP contribution in [-0.4, -0.2) is 53.7 Å². The molecule has 1 unspecified atom stereocenters. The van der Waals surface area contributed by atoms with E-state index in [1.807, 2.05) is 30.3 Å². The van der Waals surface area contributed by atoms with Crippen LogP contribution in [0.5, 0.6) is 0 Å². The fourth-order valence-corrected chi connectivity index (χ4v) is 2.43. The first kappa shape index (κ1) is 14.3. The zero-order valence-corrected chi connectivity index (χ0v) is 11.8. The number of amides is 4. The van der Waals surface area contributed by atoms with E-state index >= 15 is 0 Å². The lowest BCUT2D eigenvalue weighted by Gasteiger charge is -2.44. The molecule has 8 heteroatoms. The molecule has 2 saturated heterocycles. The highest BCUT2D eigenvalue weighted by molar-refractivity contribution is 5.88. The van der Waals surface area contributed by atoms with Crippen LogP contribution in [0.2, 0.25) is 0 Å². The number of carbonyl (C=O) groups excluding carboxylic acids is 3. The largest absolute Gasteiger partial charge is 0.350 e. The Hall–Kier alpha value is -2.61. The molecule has 4 amide bonds. The highest BCUT2D eigenvalue weighted by Crippen LogP contribution is 2.16. The van der Waals surface area contributed by atoms with Crippen molar-refractivity contribution < 1.29 is 19.2 Å². The normalized spacial score (nSPS) is 21.2. The zero-order valence-electron chi connectivity index (χ0n) is 11.8. The van der Waals surface area contributed by atoms with Gasteiger partial charge < -0.3 is 15.5 Å². The van der Waals surface area contributed by atoms with Gasteiger partial charge in [0.25, 0.3) is 5.91 Å². The maximum atomic E-state index is 12.3. The molecule has 2 aliphatic rings. The topological polar surface area (TPSA) is 91.0 Å². The van der Waals surface area contributed by atoms with Crippen molar-refractivity contribution in [1.82, 2.24) is 20.6 Å². The Balaban J connectivity index is 1.64. The Kier molecular flexibility index (Phi) is 3.92. The quantitative estimate of drug-likeness (QED) is 0.765. The lowest BCUT2D eigenvalue weighted by atomic mass is 10.2. The number of urea groups is 1. The Bertz CT molecular complexity index is 592. The van der Waals surface area contributed by atoms with E-state index in [0.29, 0.717) is 6.54 Å². The Labute approximate surface area is 127 Å². The fourth-order valence-electron chi connectivity index (χ4n) is 2.43. The van der Waals surface area contributed by atoms with Crippen molar-refractivity contribution >= 4 is 17.8 Å². The summed E-state index contributed by atoms with van der Waals surface area (Å²) in [6.45, 7) is 0.202. The molecule has 3 rings (SSSR count). The van der Waals surface area contributed by atoms with Gasteiger partial charge in [-0.2, -0.15) is 5.06 Å². The number of carbonyl (C=O) groups is 3. The second-order valence-corrected chi connectivity index (χ2v) is 5.05. The molecular weight excluding hydrogens is 288 g/mol. The van der Waals surface area contributed by atoms with Gasteiger partial charge in [-0.25, -0.2) is 4.79 Å². The molecule has 0 bridgehead atoms. The molecule has 116 valence electrons. The molecule has 0 aliphatic carbocycles. The molecule has 2 N–H and O–H groups in total. The number of rotatable bonds is 2. The number of hydrogen-bond acceptors (Lipinski definition) is 4. The van der Waals surface area contributed by atoms with Gasteiger partial charge in [0.1, 0.15) is 6.54 Å². The first-order chi connectivity index (χ1) is 10.6. The lowest BCUT2D eigenvalue weighted by molar-refractivity contribution is -0.222. The fraction of sp³-hybridized carbons (Fsp3) is 0.357. The maximum Gasteiger partial charge on any atom is 0.343 e. The molecule has 2 aliphatic heterocycles. The van der Waals surface area contributed by atoms with Crippen LogP contribution < -0.4 is 10.6 Å². The van der Waals surface area contributed by atoms with Gasteiger partial charge in [0.2, 0.25) is 5.91 Å². The summed E-state index contributed by atoms with van der Waals surface area (Å²) in [5.74, 6) is -0.539. The molecule has 1 aromatic rings. The Morgan fingerprint density at radius 3 is 2.86 bits per heavy atom. The van der Waals surface area contributed by atoms with Crippen molar-refractivity contribution in [1.29, 1.82) is 0 Å². The monoisotopic (exact) mass is 304 g/mol. The van der Waals surface area contributed by atoms with Crippen LogP contribution in [0, 0.1) is 0 Å². The third-order valence-corrected chi connectivity index (χ3v) is 3.56. The van der Waals surface area contributed by atoms with Crippen molar-refractivity contribution in [3.63, 3.8) is 0 Å². The summed E-state index contributed by atoms with van der Waals surface area (Å²) < 4.78 is 0. The molecule has 8 nitrogen and oxygen atoms in total. The highest BCUT2D eigenvalue weighted by Gasteiger charge is 2.41. The lowest BCUT2D eigenvalue weighted by Crippen LogP contribution is -2.68. The average molecular weight is 304 g/mol. The van der Waals surface area contributed by atoms with E-state index in [0.717, 1.165) is 10.6 Å². The predicted octanol–water partition coefficient (Wildman–Crippen LogP) is -0.572. The summed E-state index contributed by atoms with van der Waals surface area (Å²) in [4.78, 5) is 42.0. The molecule has 0 saturated carbocycles. The van der Waals surface area contributed by atoms with Crippen molar-refractivity contribution in [3.8, 4) is 0 Å². The number of hydroxylamine groups is 2. The minimum Gasteiger partial charge on any atom is -0.350 e. The number of fused-ring (bicyclic) bond motifs is 1. The summed E-state index contributed by atoms with van der Waals surface area (Å²) in [5.41, 5.74) is 0.956. The van der Waals surface area contributed by atoms with E-state index in [2.05, 4.69) is 10.6 Å². The molecule has 2 heterocycles. The summed E-state index contributed by atoms with van der Waals surface area (Å²) in [6.07, 6.45) is -0.616. The third-order valence-electron chi connectivity index (χ3n) is 3.56. The molecule has 1 aromatic carbocycles. The van der Waals surface area contributed by atoms with Gasteiger partial charge in [-0.1, -0.05) is 30.3 Å². The summed E-state index contributed by atoms with van der Waals surface area (Å²) in [5, 5.41) is 6.48. The van der Waals surface area contributed by atoms with Crippen LogP contribution in [0.15, 0.2) is 30.3 Å². The molecule has 1 atom stereocenters. The minimum atomic E-state index is -0.616. The van der Waals surface area contributed by atoms with Crippen molar-refractivity contribution in [2.24, 2.45) is 0 Å². The maximum absolute atomic E-state index is 12.3. The first-order valence-corrected chi connectivity index (χ1v) is 6.95. The number of nitrogens with one attached hydrogen (secondary N) is 2. The van der Waals surface area contributed by atoms with Gasteiger partial charge in [0.05, 0.1) is 6.54 Å². The molecule has 0 radical (unpaired) electrons. The first-order valence-electron chi connectivity index (χ1n) is 6.95. The predicted molar refractivity (Wildman–Crippen MR) is 75.0 cm³/mol.